The molecule has 0 saturated heterocycles. The number of nitrogens with one attached hydrogen (secondary N) is 1. The molecule has 0 spiro atoms. The molecule has 24 heavy (non-hydrogen) atoms. The summed E-state index contributed by atoms with van der Waals surface area (Å²) in [5.74, 6) is -1.65. The number of amides is 1. The highest BCUT2D eigenvalue weighted by atomic mass is 16.4. The van der Waals surface area contributed by atoms with Gasteiger partial charge in [-0.05, 0) is 24.0 Å². The van der Waals surface area contributed by atoms with Crippen molar-refractivity contribution in [1.29, 1.82) is 0 Å². The second-order valence-electron chi connectivity index (χ2n) is 6.24. The predicted molar refractivity (Wildman–Crippen MR) is 91.6 cm³/mol. The molecule has 0 bridgehead atoms. The number of carbonyl (C=O) groups is 2. The first-order valence-corrected chi connectivity index (χ1v) is 8.27. The fourth-order valence-corrected chi connectivity index (χ4v) is 3.12. The van der Waals surface area contributed by atoms with Gasteiger partial charge in [-0.3, -0.25) is 9.59 Å². The van der Waals surface area contributed by atoms with Crippen LogP contribution in [0, 0.1) is 11.8 Å². The van der Waals surface area contributed by atoms with Crippen LogP contribution in [0.1, 0.15) is 29.9 Å². The minimum Gasteiger partial charge on any atom is -0.481 e. The summed E-state index contributed by atoms with van der Waals surface area (Å²) in [5, 5.41) is 11.8. The van der Waals surface area contributed by atoms with Crippen molar-refractivity contribution in [2.24, 2.45) is 11.8 Å². The number of carbonyl (C=O) groups excluding carboxylic acids is 1. The van der Waals surface area contributed by atoms with E-state index in [0.717, 1.165) is 6.42 Å². The highest BCUT2D eigenvalue weighted by Crippen LogP contribution is 2.38. The van der Waals surface area contributed by atoms with Crippen molar-refractivity contribution in [3.63, 3.8) is 0 Å². The topological polar surface area (TPSA) is 66.4 Å². The molecule has 4 nitrogen and oxygen atoms in total. The van der Waals surface area contributed by atoms with Gasteiger partial charge in [0.2, 0.25) is 5.91 Å². The Bertz CT molecular complexity index is 660. The number of hydrogen-bond acceptors (Lipinski definition) is 2. The molecule has 1 amide bonds. The van der Waals surface area contributed by atoms with Crippen LogP contribution < -0.4 is 5.32 Å². The standard InChI is InChI=1S/C20H21NO3/c22-19(17-13-18(17)20(23)24)21-12-11-16(14-7-3-1-4-8-14)15-9-5-2-6-10-15/h1-10,16-18H,11-13H2,(H,21,22)(H,23,24). The second kappa shape index (κ2) is 7.30. The Morgan fingerprint density at radius 1 is 0.958 bits per heavy atom. The summed E-state index contributed by atoms with van der Waals surface area (Å²) in [6.45, 7) is 0.538. The third-order valence-electron chi connectivity index (χ3n) is 4.58. The van der Waals surface area contributed by atoms with E-state index in [-0.39, 0.29) is 17.7 Å². The largest absolute Gasteiger partial charge is 0.481 e. The van der Waals surface area contributed by atoms with Crippen LogP contribution in [0.15, 0.2) is 60.7 Å². The van der Waals surface area contributed by atoms with Crippen LogP contribution in [0.2, 0.25) is 0 Å². The Hall–Kier alpha value is -2.62. The number of carboxylic acids is 1. The third kappa shape index (κ3) is 3.82. The number of benzene rings is 2. The van der Waals surface area contributed by atoms with Gasteiger partial charge in [-0.25, -0.2) is 0 Å². The van der Waals surface area contributed by atoms with Crippen LogP contribution >= 0.6 is 0 Å². The molecule has 0 aliphatic heterocycles. The SMILES string of the molecule is O=C(O)C1CC1C(=O)NCCC(c1ccccc1)c1ccccc1. The van der Waals surface area contributed by atoms with Gasteiger partial charge in [-0.1, -0.05) is 60.7 Å². The molecule has 2 aromatic carbocycles. The number of aliphatic carboxylic acids is 1. The van der Waals surface area contributed by atoms with E-state index in [2.05, 4.69) is 29.6 Å². The molecule has 2 N–H and O–H groups in total. The first-order chi connectivity index (χ1) is 11.7. The maximum atomic E-state index is 12.0. The van der Waals surface area contributed by atoms with Crippen LogP contribution in [-0.4, -0.2) is 23.5 Å². The molecular weight excluding hydrogens is 302 g/mol. The second-order valence-corrected chi connectivity index (χ2v) is 6.24. The van der Waals surface area contributed by atoms with Gasteiger partial charge in [0, 0.05) is 12.5 Å². The first kappa shape index (κ1) is 16.2. The van der Waals surface area contributed by atoms with Crippen molar-refractivity contribution in [3.05, 3.63) is 71.8 Å². The Morgan fingerprint density at radius 2 is 1.50 bits per heavy atom. The summed E-state index contributed by atoms with van der Waals surface area (Å²) in [5.41, 5.74) is 2.43. The number of hydrogen-bond donors (Lipinski definition) is 2. The molecule has 3 rings (SSSR count). The maximum Gasteiger partial charge on any atom is 0.307 e. The number of carboxylic acid groups (broad SMARTS) is 1. The zero-order valence-corrected chi connectivity index (χ0v) is 13.4. The predicted octanol–water partition coefficient (Wildman–Crippen LogP) is 3.05. The van der Waals surface area contributed by atoms with Crippen LogP contribution in [0.3, 0.4) is 0 Å². The molecule has 124 valence electrons. The molecule has 0 heterocycles. The summed E-state index contributed by atoms with van der Waals surface area (Å²) in [7, 11) is 0. The Labute approximate surface area is 141 Å². The lowest BCUT2D eigenvalue weighted by molar-refractivity contribution is -0.140. The summed E-state index contributed by atoms with van der Waals surface area (Å²) < 4.78 is 0. The van der Waals surface area contributed by atoms with Crippen LogP contribution in [-0.2, 0) is 9.59 Å². The molecule has 4 heteroatoms. The molecule has 1 aliphatic rings. The smallest absolute Gasteiger partial charge is 0.307 e. The maximum absolute atomic E-state index is 12.0. The van der Waals surface area contributed by atoms with E-state index in [4.69, 9.17) is 5.11 Å². The van der Waals surface area contributed by atoms with E-state index in [1.807, 2.05) is 36.4 Å². The molecule has 1 fully saturated rings. The first-order valence-electron chi connectivity index (χ1n) is 8.27. The van der Waals surface area contributed by atoms with Crippen LogP contribution in [0.4, 0.5) is 0 Å². The van der Waals surface area contributed by atoms with Gasteiger partial charge in [-0.2, -0.15) is 0 Å². The van der Waals surface area contributed by atoms with Gasteiger partial charge in [-0.15, -0.1) is 0 Å². The van der Waals surface area contributed by atoms with Gasteiger partial charge in [0.1, 0.15) is 0 Å². The molecule has 0 aromatic heterocycles. The van der Waals surface area contributed by atoms with Crippen LogP contribution in [0.5, 0.6) is 0 Å². The average Bonchev–Trinajstić information content (AvgIpc) is 3.41. The highest BCUT2D eigenvalue weighted by molar-refractivity contribution is 5.89. The molecule has 2 atom stereocenters. The molecule has 1 saturated carbocycles. The zero-order chi connectivity index (χ0) is 16.9. The van der Waals surface area contributed by atoms with Crippen molar-refractivity contribution in [3.8, 4) is 0 Å². The molecule has 2 unspecified atom stereocenters. The van der Waals surface area contributed by atoms with E-state index in [1.165, 1.54) is 11.1 Å². The van der Waals surface area contributed by atoms with E-state index >= 15 is 0 Å². The third-order valence-corrected chi connectivity index (χ3v) is 4.58. The molecular formula is C20H21NO3. The zero-order valence-electron chi connectivity index (χ0n) is 13.4. The highest BCUT2D eigenvalue weighted by Gasteiger charge is 2.48. The molecule has 0 radical (unpaired) electrons. The van der Waals surface area contributed by atoms with Crippen molar-refractivity contribution in [2.45, 2.75) is 18.8 Å². The van der Waals surface area contributed by atoms with Crippen molar-refractivity contribution >= 4 is 11.9 Å². The normalized spacial score (nSPS) is 19.0. The van der Waals surface area contributed by atoms with E-state index < -0.39 is 11.9 Å². The van der Waals surface area contributed by atoms with Gasteiger partial charge < -0.3 is 10.4 Å². The fraction of sp³-hybridized carbons (Fsp3) is 0.300. The van der Waals surface area contributed by atoms with E-state index in [1.54, 1.807) is 0 Å². The molecule has 2 aromatic rings. The summed E-state index contributed by atoms with van der Waals surface area (Å²) in [4.78, 5) is 22.8. The van der Waals surface area contributed by atoms with Crippen LogP contribution in [0.25, 0.3) is 0 Å². The van der Waals surface area contributed by atoms with Gasteiger partial charge in [0.15, 0.2) is 0 Å². The van der Waals surface area contributed by atoms with Gasteiger partial charge >= 0.3 is 5.97 Å². The van der Waals surface area contributed by atoms with E-state index in [0.29, 0.717) is 13.0 Å². The monoisotopic (exact) mass is 323 g/mol. The average molecular weight is 323 g/mol. The molecule has 1 aliphatic carbocycles. The summed E-state index contributed by atoms with van der Waals surface area (Å²) in [6, 6.07) is 20.5. The van der Waals surface area contributed by atoms with Crippen molar-refractivity contribution < 1.29 is 14.7 Å². The van der Waals surface area contributed by atoms with E-state index in [9.17, 15) is 9.59 Å². The van der Waals surface area contributed by atoms with Crippen molar-refractivity contribution in [2.75, 3.05) is 6.54 Å². The Morgan fingerprint density at radius 3 is 1.96 bits per heavy atom. The lowest BCUT2D eigenvalue weighted by atomic mass is 9.88. The fourth-order valence-electron chi connectivity index (χ4n) is 3.12. The minimum absolute atomic E-state index is 0.137. The Kier molecular flexibility index (Phi) is 4.94. The van der Waals surface area contributed by atoms with Gasteiger partial charge in [0.05, 0.1) is 11.8 Å². The minimum atomic E-state index is -0.874. The Balaban J connectivity index is 1.61. The number of rotatable bonds is 7. The summed E-state index contributed by atoms with van der Waals surface area (Å²) in [6.07, 6.45) is 1.24. The lowest BCUT2D eigenvalue weighted by Gasteiger charge is -2.18. The van der Waals surface area contributed by atoms with Gasteiger partial charge in [0.25, 0.3) is 0 Å². The summed E-state index contributed by atoms with van der Waals surface area (Å²) >= 11 is 0. The van der Waals surface area contributed by atoms with Crippen molar-refractivity contribution in [1.82, 2.24) is 5.32 Å². The quantitative estimate of drug-likeness (QED) is 0.823. The lowest BCUT2D eigenvalue weighted by Crippen LogP contribution is -2.28.